The third-order valence-corrected chi connectivity index (χ3v) is 3.76. The molecule has 110 valence electrons. The molecule has 0 bridgehead atoms. The maximum Gasteiger partial charge on any atom is 0.236 e. The number of nitrogens with one attached hydrogen (secondary N) is 1. The van der Waals surface area contributed by atoms with Gasteiger partial charge in [-0.15, -0.1) is 0 Å². The van der Waals surface area contributed by atoms with E-state index < -0.39 is 5.41 Å². The van der Waals surface area contributed by atoms with Crippen molar-refractivity contribution in [2.75, 3.05) is 26.1 Å². The first-order valence-electron chi connectivity index (χ1n) is 6.62. The summed E-state index contributed by atoms with van der Waals surface area (Å²) in [7, 11) is 2.98. The molecular formula is C13H20N4O3. The lowest BCUT2D eigenvalue weighted by Gasteiger charge is -2.25. The van der Waals surface area contributed by atoms with Crippen molar-refractivity contribution < 1.29 is 14.3 Å². The Bertz CT molecular complexity index is 464. The molecule has 1 heterocycles. The van der Waals surface area contributed by atoms with Gasteiger partial charge in [-0.1, -0.05) is 12.8 Å². The molecule has 1 aliphatic rings. The van der Waals surface area contributed by atoms with Gasteiger partial charge < -0.3 is 15.2 Å². The van der Waals surface area contributed by atoms with Gasteiger partial charge in [0.2, 0.25) is 23.6 Å². The first-order chi connectivity index (χ1) is 9.63. The maximum absolute atomic E-state index is 12.4. The van der Waals surface area contributed by atoms with Gasteiger partial charge in [0.25, 0.3) is 0 Å². The van der Waals surface area contributed by atoms with Gasteiger partial charge in [-0.25, -0.2) is 0 Å². The van der Waals surface area contributed by atoms with Crippen LogP contribution in [0.2, 0.25) is 0 Å². The van der Waals surface area contributed by atoms with Gasteiger partial charge in [0, 0.05) is 6.54 Å². The minimum atomic E-state index is -0.500. The quantitative estimate of drug-likeness (QED) is 0.833. The number of methoxy groups -OCH3 is 2. The first-order valence-corrected chi connectivity index (χ1v) is 6.62. The number of aromatic nitrogens is 2. The molecule has 7 nitrogen and oxygen atoms in total. The van der Waals surface area contributed by atoms with Crippen molar-refractivity contribution in [1.82, 2.24) is 9.97 Å². The van der Waals surface area contributed by atoms with E-state index in [4.69, 9.17) is 15.2 Å². The molecule has 0 aliphatic heterocycles. The Labute approximate surface area is 117 Å². The van der Waals surface area contributed by atoms with E-state index in [9.17, 15) is 4.79 Å². The van der Waals surface area contributed by atoms with Gasteiger partial charge in [0.1, 0.15) is 0 Å². The molecule has 3 N–H and O–H groups in total. The van der Waals surface area contributed by atoms with Crippen LogP contribution in [0.25, 0.3) is 0 Å². The SMILES string of the molecule is COc1cc(OC)nc(NC(=O)C2(CN)CCCC2)n1. The van der Waals surface area contributed by atoms with Gasteiger partial charge >= 0.3 is 0 Å². The average molecular weight is 280 g/mol. The van der Waals surface area contributed by atoms with Crippen LogP contribution in [-0.2, 0) is 4.79 Å². The molecule has 0 unspecified atom stereocenters. The van der Waals surface area contributed by atoms with E-state index in [0.29, 0.717) is 18.3 Å². The Morgan fingerprint density at radius 1 is 1.30 bits per heavy atom. The van der Waals surface area contributed by atoms with Crippen LogP contribution in [0.5, 0.6) is 11.8 Å². The minimum absolute atomic E-state index is 0.132. The topological polar surface area (TPSA) is 99.4 Å². The normalized spacial score (nSPS) is 16.8. The van der Waals surface area contributed by atoms with Gasteiger partial charge in [-0.05, 0) is 12.8 Å². The predicted molar refractivity (Wildman–Crippen MR) is 73.7 cm³/mol. The van der Waals surface area contributed by atoms with Crippen LogP contribution in [0.1, 0.15) is 25.7 Å². The smallest absolute Gasteiger partial charge is 0.236 e. The zero-order chi connectivity index (χ0) is 14.6. The third kappa shape index (κ3) is 2.82. The standard InChI is InChI=1S/C13H20N4O3/c1-19-9-7-10(20-2)16-12(15-9)17-11(18)13(8-14)5-3-4-6-13/h7H,3-6,8,14H2,1-2H3,(H,15,16,17,18). The van der Waals surface area contributed by atoms with Gasteiger partial charge in [0.15, 0.2) is 0 Å². The summed E-state index contributed by atoms with van der Waals surface area (Å²) in [5.41, 5.74) is 5.28. The fourth-order valence-corrected chi connectivity index (χ4v) is 2.48. The molecule has 2 rings (SSSR count). The highest BCUT2D eigenvalue weighted by Gasteiger charge is 2.40. The van der Waals surface area contributed by atoms with Crippen molar-refractivity contribution >= 4 is 11.9 Å². The summed E-state index contributed by atoms with van der Waals surface area (Å²) in [4.78, 5) is 20.6. The fourth-order valence-electron chi connectivity index (χ4n) is 2.48. The number of nitrogens with zero attached hydrogens (tertiary/aromatic N) is 2. The summed E-state index contributed by atoms with van der Waals surface area (Å²) in [5, 5.41) is 2.72. The van der Waals surface area contributed by atoms with Crippen LogP contribution in [0.15, 0.2) is 6.07 Å². The molecule has 1 aliphatic carbocycles. The fraction of sp³-hybridized carbons (Fsp3) is 0.615. The second kappa shape index (κ2) is 6.04. The second-order valence-electron chi connectivity index (χ2n) is 4.92. The minimum Gasteiger partial charge on any atom is -0.481 e. The number of hydrogen-bond donors (Lipinski definition) is 2. The number of carbonyl (C=O) groups is 1. The van der Waals surface area contributed by atoms with E-state index in [1.807, 2.05) is 0 Å². The van der Waals surface area contributed by atoms with Crippen molar-refractivity contribution in [1.29, 1.82) is 0 Å². The lowest BCUT2D eigenvalue weighted by Crippen LogP contribution is -2.40. The predicted octanol–water partition coefficient (Wildman–Crippen LogP) is 0.951. The van der Waals surface area contributed by atoms with E-state index in [1.165, 1.54) is 14.2 Å². The Morgan fingerprint density at radius 2 is 1.85 bits per heavy atom. The highest BCUT2D eigenvalue weighted by Crippen LogP contribution is 2.38. The van der Waals surface area contributed by atoms with Crippen molar-refractivity contribution in [2.45, 2.75) is 25.7 Å². The van der Waals surface area contributed by atoms with Crippen molar-refractivity contribution in [2.24, 2.45) is 11.1 Å². The lowest BCUT2D eigenvalue weighted by molar-refractivity contribution is -0.124. The zero-order valence-electron chi connectivity index (χ0n) is 11.8. The molecule has 20 heavy (non-hydrogen) atoms. The number of amides is 1. The second-order valence-corrected chi connectivity index (χ2v) is 4.92. The summed E-state index contributed by atoms with van der Waals surface area (Å²) in [6.45, 7) is 0.333. The molecule has 7 heteroatoms. The Morgan fingerprint density at radius 3 is 2.30 bits per heavy atom. The van der Waals surface area contributed by atoms with E-state index in [1.54, 1.807) is 6.07 Å². The maximum atomic E-state index is 12.4. The van der Waals surface area contributed by atoms with Gasteiger partial charge in [-0.2, -0.15) is 9.97 Å². The molecule has 1 amide bonds. The van der Waals surface area contributed by atoms with Crippen LogP contribution >= 0.6 is 0 Å². The molecule has 0 aromatic carbocycles. The number of carbonyl (C=O) groups excluding carboxylic acids is 1. The Hall–Kier alpha value is -1.89. The van der Waals surface area contributed by atoms with Crippen LogP contribution in [-0.4, -0.2) is 36.6 Å². The van der Waals surface area contributed by atoms with Crippen LogP contribution in [0, 0.1) is 5.41 Å². The van der Waals surface area contributed by atoms with Crippen molar-refractivity contribution in [3.63, 3.8) is 0 Å². The highest BCUT2D eigenvalue weighted by atomic mass is 16.5. The molecule has 0 radical (unpaired) electrons. The average Bonchev–Trinajstić information content (AvgIpc) is 2.97. The summed E-state index contributed by atoms with van der Waals surface area (Å²) in [6.07, 6.45) is 3.65. The summed E-state index contributed by atoms with van der Waals surface area (Å²) in [5.74, 6) is 0.708. The van der Waals surface area contributed by atoms with E-state index in [0.717, 1.165) is 25.7 Å². The zero-order valence-corrected chi connectivity index (χ0v) is 11.8. The van der Waals surface area contributed by atoms with Crippen molar-refractivity contribution in [3.8, 4) is 11.8 Å². The largest absolute Gasteiger partial charge is 0.481 e. The molecule has 1 fully saturated rings. The van der Waals surface area contributed by atoms with Crippen molar-refractivity contribution in [3.05, 3.63) is 6.07 Å². The molecule has 1 aromatic rings. The lowest BCUT2D eigenvalue weighted by atomic mass is 9.85. The first kappa shape index (κ1) is 14.5. The molecular weight excluding hydrogens is 260 g/mol. The number of rotatable bonds is 5. The van der Waals surface area contributed by atoms with Crippen LogP contribution in [0.3, 0.4) is 0 Å². The van der Waals surface area contributed by atoms with E-state index in [2.05, 4.69) is 15.3 Å². The number of anilines is 1. The third-order valence-electron chi connectivity index (χ3n) is 3.76. The molecule has 0 atom stereocenters. The van der Waals surface area contributed by atoms with Crippen LogP contribution < -0.4 is 20.5 Å². The Balaban J connectivity index is 2.18. The van der Waals surface area contributed by atoms with Crippen LogP contribution in [0.4, 0.5) is 5.95 Å². The molecule has 1 aromatic heterocycles. The Kier molecular flexibility index (Phi) is 4.39. The highest BCUT2D eigenvalue weighted by molar-refractivity contribution is 5.94. The summed E-state index contributed by atoms with van der Waals surface area (Å²) < 4.78 is 10.1. The molecule has 0 saturated heterocycles. The molecule has 0 spiro atoms. The van der Waals surface area contributed by atoms with Gasteiger partial charge in [-0.3, -0.25) is 10.1 Å². The van der Waals surface area contributed by atoms with E-state index >= 15 is 0 Å². The molecule has 1 saturated carbocycles. The summed E-state index contributed by atoms with van der Waals surface area (Å²) in [6, 6.07) is 1.55. The monoisotopic (exact) mass is 280 g/mol. The summed E-state index contributed by atoms with van der Waals surface area (Å²) >= 11 is 0. The van der Waals surface area contributed by atoms with Gasteiger partial charge in [0.05, 0.1) is 25.7 Å². The number of ether oxygens (including phenoxy) is 2. The number of hydrogen-bond acceptors (Lipinski definition) is 6. The number of nitrogens with two attached hydrogens (primary N) is 1. The van der Waals surface area contributed by atoms with E-state index in [-0.39, 0.29) is 11.9 Å².